The molecule has 55 heavy (non-hydrogen) atoms. The summed E-state index contributed by atoms with van der Waals surface area (Å²) in [5, 5.41) is 83.8. The average Bonchev–Trinajstić information content (AvgIpc) is 3.11. The number of ether oxygens (including phenoxy) is 1. The Kier molecular flexibility index (Phi) is 17.8. The Morgan fingerprint density at radius 1 is 0.691 bits per heavy atom. The van der Waals surface area contributed by atoms with Crippen molar-refractivity contribution in [1.29, 1.82) is 0 Å². The second-order valence-electron chi connectivity index (χ2n) is 12.5. The Morgan fingerprint density at radius 3 is 1.76 bits per heavy atom. The van der Waals surface area contributed by atoms with Crippen LogP contribution >= 0.6 is 0 Å². The molecule has 23 heteroatoms. The molecule has 1 aromatic carbocycles. The minimum Gasteiger partial charge on any atom is -0.508 e. The molecular formula is C32H47N7O16. The van der Waals surface area contributed by atoms with Crippen LogP contribution in [0.4, 0.5) is 0 Å². The van der Waals surface area contributed by atoms with Gasteiger partial charge in [-0.25, -0.2) is 4.79 Å². The summed E-state index contributed by atoms with van der Waals surface area (Å²) >= 11 is 0. The predicted molar refractivity (Wildman–Crippen MR) is 183 cm³/mol. The number of phenolic OH excluding ortho intramolecular Hbond substituents is 1. The molecule has 2 rings (SSSR count). The van der Waals surface area contributed by atoms with E-state index in [4.69, 9.17) is 4.74 Å². The van der Waals surface area contributed by atoms with Gasteiger partial charge in [-0.1, -0.05) is 12.1 Å². The molecule has 0 unspecified atom stereocenters. The van der Waals surface area contributed by atoms with Gasteiger partial charge in [0, 0.05) is 20.3 Å². The standard InChI is InChI=1S/C32H47N7O16/c1-13(27(49)36-18(8-16-4-6-17(45)7-5-16)28(50)38-21(11-41)32(53)54)33-30(52)20(10-40)37-29(51)19(34-14(2)43)9-23(46)39-31-24(35-15(3)44)26(48)25(47)22(12-42)55-31/h4-7,13,18-22,24-26,31,40-42,45,47-48H,8-12H2,1-3H3,(H,33,52)(H,34,43)(H,35,44)(H,36,49)(H,37,51)(H,38,50)(H,39,46)(H,53,54)/t13-,18-,19-,20-,21-,22+,24+,25+,26+,31+/m0/s1. The number of carboxylic acid groups (broad SMARTS) is 1. The lowest BCUT2D eigenvalue weighted by molar-refractivity contribution is -0.203. The number of aliphatic hydroxyl groups is 5. The third-order valence-corrected chi connectivity index (χ3v) is 8.06. The Hall–Kier alpha value is -5.46. The number of rotatable bonds is 19. The number of hydrogen-bond donors (Lipinski definition) is 14. The highest BCUT2D eigenvalue weighted by Crippen LogP contribution is 2.20. The number of carbonyl (C=O) groups excluding carboxylic acids is 7. The average molecular weight is 786 g/mol. The fourth-order valence-corrected chi connectivity index (χ4v) is 5.17. The number of carbonyl (C=O) groups is 8. The summed E-state index contributed by atoms with van der Waals surface area (Å²) in [6.07, 6.45) is -7.33. The number of carboxylic acids is 1. The van der Waals surface area contributed by atoms with E-state index in [1.54, 1.807) is 0 Å². The molecule has 0 bridgehead atoms. The first-order valence-electron chi connectivity index (χ1n) is 16.7. The Labute approximate surface area is 313 Å². The molecule has 1 aliphatic rings. The van der Waals surface area contributed by atoms with Crippen molar-refractivity contribution in [3.63, 3.8) is 0 Å². The first-order chi connectivity index (χ1) is 25.8. The second kappa shape index (κ2) is 21.4. The van der Waals surface area contributed by atoms with E-state index >= 15 is 0 Å². The van der Waals surface area contributed by atoms with Crippen molar-refractivity contribution in [2.75, 3.05) is 19.8 Å². The topological polar surface area (TPSA) is 372 Å². The van der Waals surface area contributed by atoms with Crippen molar-refractivity contribution >= 4 is 47.3 Å². The fraction of sp³-hybridized carbons (Fsp3) is 0.562. The largest absolute Gasteiger partial charge is 0.508 e. The lowest BCUT2D eigenvalue weighted by Crippen LogP contribution is -2.68. The highest BCUT2D eigenvalue weighted by atomic mass is 16.5. The number of aliphatic hydroxyl groups excluding tert-OH is 5. The van der Waals surface area contributed by atoms with Crippen LogP contribution in [0, 0.1) is 0 Å². The van der Waals surface area contributed by atoms with E-state index in [-0.39, 0.29) is 12.2 Å². The van der Waals surface area contributed by atoms with Crippen LogP contribution in [0.5, 0.6) is 5.75 Å². The quantitative estimate of drug-likeness (QED) is 0.0619. The van der Waals surface area contributed by atoms with Crippen LogP contribution < -0.4 is 37.2 Å². The van der Waals surface area contributed by atoms with Gasteiger partial charge in [-0.3, -0.25) is 33.6 Å². The molecular weight excluding hydrogens is 738 g/mol. The van der Waals surface area contributed by atoms with Gasteiger partial charge >= 0.3 is 5.97 Å². The summed E-state index contributed by atoms with van der Waals surface area (Å²) in [6.45, 7) is 0.468. The van der Waals surface area contributed by atoms with Crippen molar-refractivity contribution in [2.45, 2.75) is 94.4 Å². The van der Waals surface area contributed by atoms with Gasteiger partial charge < -0.3 is 77.7 Å². The van der Waals surface area contributed by atoms with Gasteiger partial charge in [-0.15, -0.1) is 0 Å². The zero-order valence-electron chi connectivity index (χ0n) is 29.9. The fourth-order valence-electron chi connectivity index (χ4n) is 5.17. The van der Waals surface area contributed by atoms with Crippen LogP contribution in [0.3, 0.4) is 0 Å². The Bertz CT molecular complexity index is 1550. The Morgan fingerprint density at radius 2 is 1.24 bits per heavy atom. The van der Waals surface area contributed by atoms with Crippen LogP contribution in [0.25, 0.3) is 0 Å². The predicted octanol–water partition coefficient (Wildman–Crippen LogP) is -7.08. The number of aliphatic carboxylic acids is 1. The van der Waals surface area contributed by atoms with E-state index in [0.717, 1.165) is 13.8 Å². The molecule has 0 aromatic heterocycles. The maximum Gasteiger partial charge on any atom is 0.328 e. The second-order valence-corrected chi connectivity index (χ2v) is 12.5. The van der Waals surface area contributed by atoms with E-state index in [1.165, 1.54) is 31.2 Å². The summed E-state index contributed by atoms with van der Waals surface area (Å²) in [4.78, 5) is 100. The van der Waals surface area contributed by atoms with Gasteiger partial charge in [-0.2, -0.15) is 0 Å². The highest BCUT2D eigenvalue weighted by Gasteiger charge is 2.45. The Balaban J connectivity index is 2.14. The van der Waals surface area contributed by atoms with Gasteiger partial charge in [-0.05, 0) is 24.6 Å². The molecule has 1 fully saturated rings. The monoisotopic (exact) mass is 785 g/mol. The van der Waals surface area contributed by atoms with E-state index < -0.39 is 134 Å². The van der Waals surface area contributed by atoms with Crippen LogP contribution in [0.1, 0.15) is 32.8 Å². The number of benzene rings is 1. The highest BCUT2D eigenvalue weighted by molar-refractivity contribution is 5.97. The number of aromatic hydroxyl groups is 1. The van der Waals surface area contributed by atoms with Gasteiger partial charge in [0.25, 0.3) is 0 Å². The normalized spacial score (nSPS) is 21.9. The first-order valence-corrected chi connectivity index (χ1v) is 16.7. The molecule has 306 valence electrons. The van der Waals surface area contributed by atoms with Gasteiger partial charge in [0.1, 0.15) is 60.3 Å². The first kappa shape index (κ1) is 45.7. The minimum absolute atomic E-state index is 0.0985. The minimum atomic E-state index is -1.77. The van der Waals surface area contributed by atoms with Gasteiger partial charge in [0.15, 0.2) is 6.23 Å². The maximum atomic E-state index is 13.2. The molecule has 14 N–H and O–H groups in total. The van der Waals surface area contributed by atoms with Gasteiger partial charge in [0.2, 0.25) is 41.4 Å². The van der Waals surface area contributed by atoms with Crippen LogP contribution in [0.2, 0.25) is 0 Å². The molecule has 1 saturated heterocycles. The molecule has 7 amide bonds. The molecule has 0 spiro atoms. The maximum absolute atomic E-state index is 13.2. The lowest BCUT2D eigenvalue weighted by atomic mass is 9.95. The van der Waals surface area contributed by atoms with E-state index in [9.17, 15) is 74.1 Å². The van der Waals surface area contributed by atoms with E-state index in [0.29, 0.717) is 5.56 Å². The van der Waals surface area contributed by atoms with Crippen LogP contribution in [-0.2, 0) is 49.5 Å². The van der Waals surface area contributed by atoms with E-state index in [2.05, 4.69) is 37.2 Å². The number of nitrogens with one attached hydrogen (secondary N) is 7. The van der Waals surface area contributed by atoms with Crippen LogP contribution in [0.15, 0.2) is 24.3 Å². The molecule has 1 heterocycles. The SMILES string of the molecule is CC(=O)N[C@@H]1[C@@H](O)[C@H](O)[C@@H](CO)O[C@H]1NC(=O)C[C@H](NC(C)=O)C(=O)N[C@@H](CO)C(=O)N[C@@H](C)C(=O)N[C@@H](Cc1ccc(O)cc1)C(=O)N[C@@H](CO)C(=O)O. The third-order valence-electron chi connectivity index (χ3n) is 8.06. The molecule has 1 aromatic rings. The molecule has 0 saturated carbocycles. The van der Waals surface area contributed by atoms with Crippen molar-refractivity contribution in [3.8, 4) is 5.75 Å². The molecule has 0 aliphatic carbocycles. The van der Waals surface area contributed by atoms with Crippen molar-refractivity contribution in [3.05, 3.63) is 29.8 Å². The van der Waals surface area contributed by atoms with Crippen molar-refractivity contribution in [2.24, 2.45) is 0 Å². The zero-order valence-corrected chi connectivity index (χ0v) is 29.9. The lowest BCUT2D eigenvalue weighted by Gasteiger charge is -2.42. The molecule has 10 atom stereocenters. The summed E-state index contributed by atoms with van der Waals surface area (Å²) in [6, 6.07) is -4.06. The van der Waals surface area contributed by atoms with Crippen molar-refractivity contribution in [1.82, 2.24) is 37.2 Å². The number of phenols is 1. The number of amides is 7. The molecule has 0 radical (unpaired) electrons. The number of hydrogen-bond acceptors (Lipinski definition) is 15. The van der Waals surface area contributed by atoms with E-state index in [1.807, 2.05) is 0 Å². The zero-order chi connectivity index (χ0) is 41.6. The van der Waals surface area contributed by atoms with Crippen LogP contribution in [-0.4, -0.2) is 164 Å². The van der Waals surface area contributed by atoms with Gasteiger partial charge in [0.05, 0.1) is 26.2 Å². The summed E-state index contributed by atoms with van der Waals surface area (Å²) in [5.41, 5.74) is 0.417. The smallest absolute Gasteiger partial charge is 0.328 e. The molecule has 1 aliphatic heterocycles. The summed E-state index contributed by atoms with van der Waals surface area (Å²) in [7, 11) is 0. The van der Waals surface area contributed by atoms with Crippen molar-refractivity contribution < 1.29 is 78.8 Å². The summed E-state index contributed by atoms with van der Waals surface area (Å²) in [5.74, 6) is -8.44. The molecule has 23 nitrogen and oxygen atoms in total. The third kappa shape index (κ3) is 14.0. The summed E-state index contributed by atoms with van der Waals surface area (Å²) < 4.78 is 5.42.